The van der Waals surface area contributed by atoms with Crippen LogP contribution in [0, 0.1) is 0 Å². The van der Waals surface area contributed by atoms with Gasteiger partial charge in [-0.3, -0.25) is 9.59 Å². The molecule has 0 radical (unpaired) electrons. The molecule has 1 aliphatic rings. The van der Waals surface area contributed by atoms with E-state index in [9.17, 15) is 14.7 Å². The molecule has 4 heteroatoms. The number of phenols is 1. The number of carbonyl (C=O) groups excluding carboxylic acids is 2. The number of hydrogen-bond donors (Lipinski definition) is 2. The summed E-state index contributed by atoms with van der Waals surface area (Å²) < 4.78 is 0. The van der Waals surface area contributed by atoms with E-state index in [-0.39, 0.29) is 23.0 Å². The molecule has 78 valence electrons. The first-order valence-corrected chi connectivity index (χ1v) is 4.74. The first-order valence-electron chi connectivity index (χ1n) is 4.74. The highest BCUT2D eigenvalue weighted by Crippen LogP contribution is 2.30. The third kappa shape index (κ3) is 1.70. The van der Waals surface area contributed by atoms with Crippen molar-refractivity contribution in [2.45, 2.75) is 19.8 Å². The molecule has 0 bridgehead atoms. The number of nitrogens with one attached hydrogen (secondary N) is 1. The van der Waals surface area contributed by atoms with E-state index >= 15 is 0 Å². The van der Waals surface area contributed by atoms with Gasteiger partial charge < -0.3 is 10.4 Å². The van der Waals surface area contributed by atoms with E-state index in [1.165, 1.54) is 13.0 Å². The molecule has 1 aliphatic heterocycles. The molecule has 0 atom stereocenters. The van der Waals surface area contributed by atoms with Gasteiger partial charge in [0, 0.05) is 12.1 Å². The fourth-order valence-electron chi connectivity index (χ4n) is 1.70. The van der Waals surface area contributed by atoms with Gasteiger partial charge >= 0.3 is 0 Å². The molecule has 1 amide bonds. The van der Waals surface area contributed by atoms with Crippen molar-refractivity contribution >= 4 is 17.4 Å². The molecule has 0 fully saturated rings. The summed E-state index contributed by atoms with van der Waals surface area (Å²) in [5, 5.41) is 12.2. The van der Waals surface area contributed by atoms with Crippen LogP contribution in [-0.4, -0.2) is 16.8 Å². The van der Waals surface area contributed by atoms with Crippen molar-refractivity contribution in [2.24, 2.45) is 0 Å². The van der Waals surface area contributed by atoms with E-state index in [0.717, 1.165) is 5.56 Å². The molecule has 0 aliphatic carbocycles. The number of anilines is 1. The molecule has 2 N–H and O–H groups in total. The summed E-state index contributed by atoms with van der Waals surface area (Å²) in [7, 11) is 0. The molecule has 2 rings (SSSR count). The van der Waals surface area contributed by atoms with E-state index in [0.29, 0.717) is 18.5 Å². The first kappa shape index (κ1) is 9.71. The Morgan fingerprint density at radius 2 is 2.13 bits per heavy atom. The van der Waals surface area contributed by atoms with Crippen molar-refractivity contribution in [1.82, 2.24) is 0 Å². The lowest BCUT2D eigenvalue weighted by atomic mass is 9.99. The van der Waals surface area contributed by atoms with E-state index in [1.807, 2.05) is 0 Å². The van der Waals surface area contributed by atoms with Crippen LogP contribution in [0.25, 0.3) is 0 Å². The number of aryl methyl sites for hydroxylation is 1. The molecule has 1 heterocycles. The summed E-state index contributed by atoms with van der Waals surface area (Å²) in [4.78, 5) is 22.3. The number of fused-ring (bicyclic) bond motifs is 1. The van der Waals surface area contributed by atoms with Crippen molar-refractivity contribution in [3.05, 3.63) is 23.3 Å². The van der Waals surface area contributed by atoms with Crippen molar-refractivity contribution in [1.29, 1.82) is 0 Å². The van der Waals surface area contributed by atoms with Crippen LogP contribution in [0.1, 0.15) is 29.3 Å². The topological polar surface area (TPSA) is 66.4 Å². The largest absolute Gasteiger partial charge is 0.507 e. The predicted octanol–water partition coefficient (Wildman–Crippen LogP) is 1.48. The van der Waals surface area contributed by atoms with E-state index in [1.54, 1.807) is 6.07 Å². The smallest absolute Gasteiger partial charge is 0.224 e. The third-order valence-corrected chi connectivity index (χ3v) is 2.50. The van der Waals surface area contributed by atoms with Crippen molar-refractivity contribution in [3.8, 4) is 5.75 Å². The van der Waals surface area contributed by atoms with Crippen molar-refractivity contribution in [3.63, 3.8) is 0 Å². The van der Waals surface area contributed by atoms with Gasteiger partial charge in [-0.1, -0.05) is 0 Å². The number of hydrogen-bond acceptors (Lipinski definition) is 3. The number of Topliss-reactive ketones (excluding diaryl/α,β-unsaturated/α-hetero) is 1. The molecule has 15 heavy (non-hydrogen) atoms. The van der Waals surface area contributed by atoms with Gasteiger partial charge in [-0.25, -0.2) is 0 Å². The minimum atomic E-state index is -0.213. The minimum Gasteiger partial charge on any atom is -0.507 e. The zero-order valence-electron chi connectivity index (χ0n) is 8.33. The quantitative estimate of drug-likeness (QED) is 0.539. The van der Waals surface area contributed by atoms with E-state index < -0.39 is 0 Å². The maximum atomic E-state index is 11.2. The van der Waals surface area contributed by atoms with Crippen molar-refractivity contribution in [2.75, 3.05) is 5.32 Å². The van der Waals surface area contributed by atoms with Crippen molar-refractivity contribution < 1.29 is 14.7 Å². The minimum absolute atomic E-state index is 0.0163. The standard InChI is InChI=1S/C11H11NO3/c1-6(13)8-5-9-7(4-10(8)14)2-3-11(15)12-9/h4-5,14H,2-3H2,1H3,(H,12,15). The maximum absolute atomic E-state index is 11.2. The van der Waals surface area contributed by atoms with Crippen LogP contribution < -0.4 is 5.32 Å². The Morgan fingerprint density at radius 1 is 1.40 bits per heavy atom. The van der Waals surface area contributed by atoms with Gasteiger partial charge in [-0.15, -0.1) is 0 Å². The molecule has 1 aromatic carbocycles. The number of ketones is 1. The third-order valence-electron chi connectivity index (χ3n) is 2.50. The summed E-state index contributed by atoms with van der Waals surface area (Å²) in [5.74, 6) is -0.282. The summed E-state index contributed by atoms with van der Waals surface area (Å²) >= 11 is 0. The number of rotatable bonds is 1. The highest BCUT2D eigenvalue weighted by Gasteiger charge is 2.18. The average Bonchev–Trinajstić information content (AvgIpc) is 2.17. The van der Waals surface area contributed by atoms with E-state index in [2.05, 4.69) is 5.32 Å². The fraction of sp³-hybridized carbons (Fsp3) is 0.273. The van der Waals surface area contributed by atoms with Gasteiger partial charge in [0.15, 0.2) is 5.78 Å². The Kier molecular flexibility index (Phi) is 2.19. The zero-order chi connectivity index (χ0) is 11.0. The number of aromatic hydroxyl groups is 1. The molecule has 1 aromatic rings. The number of amides is 1. The number of phenolic OH excluding ortho intramolecular Hbond substituents is 1. The molecule has 0 saturated heterocycles. The summed E-state index contributed by atoms with van der Waals surface area (Å²) in [6.07, 6.45) is 1.03. The zero-order valence-corrected chi connectivity index (χ0v) is 8.33. The van der Waals surface area contributed by atoms with Crippen LogP contribution in [0.4, 0.5) is 5.69 Å². The van der Waals surface area contributed by atoms with Crippen LogP contribution in [0.3, 0.4) is 0 Å². The SMILES string of the molecule is CC(=O)c1cc2c(cc1O)CCC(=O)N2. The number of carbonyl (C=O) groups is 2. The molecule has 0 spiro atoms. The lowest BCUT2D eigenvalue weighted by Gasteiger charge is -2.17. The summed E-state index contributed by atoms with van der Waals surface area (Å²) in [6, 6.07) is 3.08. The average molecular weight is 205 g/mol. The Labute approximate surface area is 86.9 Å². The Hall–Kier alpha value is -1.84. The molecular weight excluding hydrogens is 194 g/mol. The highest BCUT2D eigenvalue weighted by molar-refractivity contribution is 6.00. The van der Waals surface area contributed by atoms with Crippen LogP contribution >= 0.6 is 0 Å². The Morgan fingerprint density at radius 3 is 2.80 bits per heavy atom. The fourth-order valence-corrected chi connectivity index (χ4v) is 1.70. The predicted molar refractivity (Wildman–Crippen MR) is 55.1 cm³/mol. The van der Waals surface area contributed by atoms with Gasteiger partial charge in [0.1, 0.15) is 5.75 Å². The van der Waals surface area contributed by atoms with Crippen LogP contribution in [0.2, 0.25) is 0 Å². The lowest BCUT2D eigenvalue weighted by molar-refractivity contribution is -0.116. The monoisotopic (exact) mass is 205 g/mol. The Bertz CT molecular complexity index is 451. The van der Waals surface area contributed by atoms with Gasteiger partial charge in [-0.05, 0) is 31.0 Å². The molecule has 0 saturated carbocycles. The highest BCUT2D eigenvalue weighted by atomic mass is 16.3. The Balaban J connectivity index is 2.51. The van der Waals surface area contributed by atoms with Crippen LogP contribution in [0.15, 0.2) is 12.1 Å². The molecule has 4 nitrogen and oxygen atoms in total. The number of benzene rings is 1. The summed E-state index contributed by atoms with van der Waals surface area (Å²) in [6.45, 7) is 1.38. The normalized spacial score (nSPS) is 14.3. The van der Waals surface area contributed by atoms with E-state index in [4.69, 9.17) is 0 Å². The maximum Gasteiger partial charge on any atom is 0.224 e. The second kappa shape index (κ2) is 3.38. The molecular formula is C11H11NO3. The van der Waals surface area contributed by atoms with Crippen LogP contribution in [0.5, 0.6) is 5.75 Å². The van der Waals surface area contributed by atoms with Gasteiger partial charge in [0.2, 0.25) is 5.91 Å². The van der Waals surface area contributed by atoms with Gasteiger partial charge in [-0.2, -0.15) is 0 Å². The molecule has 0 unspecified atom stereocenters. The summed E-state index contributed by atoms with van der Waals surface area (Å²) in [5.41, 5.74) is 1.75. The second-order valence-electron chi connectivity index (χ2n) is 3.63. The van der Waals surface area contributed by atoms with Gasteiger partial charge in [0.05, 0.1) is 5.56 Å². The molecule has 0 aromatic heterocycles. The first-order chi connectivity index (χ1) is 7.08. The van der Waals surface area contributed by atoms with Crippen LogP contribution in [-0.2, 0) is 11.2 Å². The lowest BCUT2D eigenvalue weighted by Crippen LogP contribution is -2.19. The second-order valence-corrected chi connectivity index (χ2v) is 3.63. The van der Waals surface area contributed by atoms with Gasteiger partial charge in [0.25, 0.3) is 0 Å².